The molecule has 0 bridgehead atoms. The average molecular weight is 330 g/mol. The third-order valence-electron chi connectivity index (χ3n) is 2.73. The first-order valence-electron chi connectivity index (χ1n) is 6.08. The van der Waals surface area contributed by atoms with Crippen molar-refractivity contribution in [2.75, 3.05) is 5.32 Å². The number of benzene rings is 1. The fourth-order valence-corrected chi connectivity index (χ4v) is 2.46. The molecule has 1 aliphatic heterocycles. The highest BCUT2D eigenvalue weighted by molar-refractivity contribution is 6.36. The second kappa shape index (κ2) is 5.58. The van der Waals surface area contributed by atoms with Crippen LogP contribution in [0.4, 0.5) is 5.69 Å². The second-order valence-corrected chi connectivity index (χ2v) is 5.80. The zero-order valence-corrected chi connectivity index (χ0v) is 13.1. The van der Waals surface area contributed by atoms with Gasteiger partial charge in [0, 0.05) is 25.1 Å². The average Bonchev–Trinajstić information content (AvgIpc) is 2.29. The van der Waals surface area contributed by atoms with Crippen molar-refractivity contribution >= 4 is 40.8 Å². The van der Waals surface area contributed by atoms with E-state index in [0.29, 0.717) is 15.7 Å². The quantitative estimate of drug-likeness (QED) is 0.511. The zero-order valence-electron chi connectivity index (χ0n) is 11.6. The van der Waals surface area contributed by atoms with Gasteiger partial charge in [0.2, 0.25) is 0 Å². The number of hydrogen-bond donors (Lipinski definition) is 1. The summed E-state index contributed by atoms with van der Waals surface area (Å²) in [5.41, 5.74) is 1.07. The van der Waals surface area contributed by atoms with E-state index in [-0.39, 0.29) is 5.57 Å². The molecule has 0 aromatic heterocycles. The van der Waals surface area contributed by atoms with Gasteiger partial charge in [0.05, 0.1) is 10.7 Å². The van der Waals surface area contributed by atoms with Gasteiger partial charge in [-0.15, -0.1) is 0 Å². The molecule has 1 saturated heterocycles. The van der Waals surface area contributed by atoms with Crippen LogP contribution in [0.1, 0.15) is 19.4 Å². The van der Waals surface area contributed by atoms with Gasteiger partial charge in [0.25, 0.3) is 5.79 Å². The molecule has 0 amide bonds. The van der Waals surface area contributed by atoms with Crippen LogP contribution in [0.15, 0.2) is 23.9 Å². The van der Waals surface area contributed by atoms with Crippen molar-refractivity contribution in [3.8, 4) is 0 Å². The second-order valence-electron chi connectivity index (χ2n) is 4.96. The Morgan fingerprint density at radius 3 is 2.24 bits per heavy atom. The van der Waals surface area contributed by atoms with E-state index in [2.05, 4.69) is 5.32 Å². The summed E-state index contributed by atoms with van der Waals surface area (Å²) in [5, 5.41) is 3.68. The van der Waals surface area contributed by atoms with Gasteiger partial charge >= 0.3 is 11.9 Å². The maximum absolute atomic E-state index is 11.8. The molecule has 0 spiro atoms. The standard InChI is InChI=1S/C14H13Cl2NO4/c1-7-4-8(15)5-10(16)11(7)17-6-9-12(18)20-14(2,3)21-13(9)19/h4-6,17H,1-3H3. The first kappa shape index (κ1) is 15.7. The lowest BCUT2D eigenvalue weighted by Crippen LogP contribution is -2.42. The van der Waals surface area contributed by atoms with Crippen LogP contribution >= 0.6 is 23.2 Å². The van der Waals surface area contributed by atoms with Gasteiger partial charge < -0.3 is 14.8 Å². The number of carbonyl (C=O) groups is 2. The van der Waals surface area contributed by atoms with Gasteiger partial charge in [-0.1, -0.05) is 23.2 Å². The number of hydrogen-bond acceptors (Lipinski definition) is 5. The molecule has 1 fully saturated rings. The molecular weight excluding hydrogens is 317 g/mol. The normalized spacial score (nSPS) is 17.1. The van der Waals surface area contributed by atoms with Crippen molar-refractivity contribution in [3.05, 3.63) is 39.5 Å². The Kier molecular flexibility index (Phi) is 4.16. The molecule has 0 radical (unpaired) electrons. The van der Waals surface area contributed by atoms with E-state index < -0.39 is 17.7 Å². The molecule has 1 aromatic rings. The Morgan fingerprint density at radius 1 is 1.14 bits per heavy atom. The van der Waals surface area contributed by atoms with Crippen LogP contribution in [0, 0.1) is 6.92 Å². The van der Waals surface area contributed by atoms with Gasteiger partial charge in [-0.25, -0.2) is 9.59 Å². The Bertz CT molecular complexity index is 607. The number of anilines is 1. The maximum atomic E-state index is 11.8. The number of cyclic esters (lactones) is 2. The summed E-state index contributed by atoms with van der Waals surface area (Å²) in [6.45, 7) is 4.75. The van der Waals surface area contributed by atoms with E-state index in [1.165, 1.54) is 20.0 Å². The van der Waals surface area contributed by atoms with E-state index >= 15 is 0 Å². The molecule has 5 nitrogen and oxygen atoms in total. The fourth-order valence-electron chi connectivity index (χ4n) is 1.81. The predicted octanol–water partition coefficient (Wildman–Crippen LogP) is 3.43. The highest BCUT2D eigenvalue weighted by Gasteiger charge is 2.38. The van der Waals surface area contributed by atoms with E-state index in [4.69, 9.17) is 32.7 Å². The van der Waals surface area contributed by atoms with E-state index in [1.54, 1.807) is 19.1 Å². The van der Waals surface area contributed by atoms with Crippen LogP contribution < -0.4 is 5.32 Å². The summed E-state index contributed by atoms with van der Waals surface area (Å²) in [7, 11) is 0. The minimum absolute atomic E-state index is 0.236. The Morgan fingerprint density at radius 2 is 1.71 bits per heavy atom. The molecule has 0 saturated carbocycles. The van der Waals surface area contributed by atoms with E-state index in [1.807, 2.05) is 0 Å². The smallest absolute Gasteiger partial charge is 0.350 e. The van der Waals surface area contributed by atoms with Gasteiger partial charge in [-0.3, -0.25) is 0 Å². The number of aryl methyl sites for hydroxylation is 1. The number of halogens is 2. The number of ether oxygens (including phenoxy) is 2. The van der Waals surface area contributed by atoms with Crippen LogP contribution in [0.2, 0.25) is 10.0 Å². The van der Waals surface area contributed by atoms with Crippen molar-refractivity contribution in [1.29, 1.82) is 0 Å². The molecule has 1 aliphatic rings. The van der Waals surface area contributed by atoms with E-state index in [9.17, 15) is 9.59 Å². The zero-order chi connectivity index (χ0) is 15.8. The lowest BCUT2D eigenvalue weighted by Gasteiger charge is -2.29. The van der Waals surface area contributed by atoms with Crippen molar-refractivity contribution in [1.82, 2.24) is 0 Å². The maximum Gasteiger partial charge on any atom is 0.350 e. The summed E-state index contributed by atoms with van der Waals surface area (Å²) in [6, 6.07) is 3.26. The molecule has 1 aromatic carbocycles. The number of carbonyl (C=O) groups excluding carboxylic acids is 2. The van der Waals surface area contributed by atoms with Crippen molar-refractivity contribution in [2.24, 2.45) is 0 Å². The van der Waals surface area contributed by atoms with Crippen LogP contribution in [0.5, 0.6) is 0 Å². The Hall–Kier alpha value is -1.72. The Balaban J connectivity index is 2.26. The van der Waals surface area contributed by atoms with Crippen molar-refractivity contribution in [2.45, 2.75) is 26.6 Å². The van der Waals surface area contributed by atoms with Crippen molar-refractivity contribution in [3.63, 3.8) is 0 Å². The number of esters is 2. The monoisotopic (exact) mass is 329 g/mol. The molecule has 1 heterocycles. The minimum atomic E-state index is -1.26. The molecule has 1 N–H and O–H groups in total. The third-order valence-corrected chi connectivity index (χ3v) is 3.25. The minimum Gasteiger partial charge on any atom is -0.419 e. The molecule has 0 atom stereocenters. The van der Waals surface area contributed by atoms with E-state index in [0.717, 1.165) is 5.56 Å². The fraction of sp³-hybridized carbons (Fsp3) is 0.286. The Labute approximate surface area is 131 Å². The summed E-state index contributed by atoms with van der Waals surface area (Å²) in [5.74, 6) is -2.78. The molecular formula is C14H13Cl2NO4. The summed E-state index contributed by atoms with van der Waals surface area (Å²) >= 11 is 11.9. The summed E-state index contributed by atoms with van der Waals surface area (Å²) < 4.78 is 9.96. The van der Waals surface area contributed by atoms with Crippen LogP contribution in [-0.4, -0.2) is 17.7 Å². The molecule has 0 aliphatic carbocycles. The molecule has 0 unspecified atom stereocenters. The van der Waals surface area contributed by atoms with Crippen LogP contribution in [0.25, 0.3) is 0 Å². The molecule has 112 valence electrons. The van der Waals surface area contributed by atoms with Gasteiger partial charge in [-0.05, 0) is 24.6 Å². The number of rotatable bonds is 2. The molecule has 7 heteroatoms. The third kappa shape index (κ3) is 3.49. The highest BCUT2D eigenvalue weighted by Crippen LogP contribution is 2.30. The van der Waals surface area contributed by atoms with Crippen LogP contribution in [0.3, 0.4) is 0 Å². The molecule has 21 heavy (non-hydrogen) atoms. The predicted molar refractivity (Wildman–Crippen MR) is 79.2 cm³/mol. The van der Waals surface area contributed by atoms with Gasteiger partial charge in [0.15, 0.2) is 5.57 Å². The lowest BCUT2D eigenvalue weighted by atomic mass is 10.2. The summed E-state index contributed by atoms with van der Waals surface area (Å²) in [4.78, 5) is 23.6. The topological polar surface area (TPSA) is 64.6 Å². The first-order valence-corrected chi connectivity index (χ1v) is 6.84. The van der Waals surface area contributed by atoms with Gasteiger partial charge in [-0.2, -0.15) is 0 Å². The lowest BCUT2D eigenvalue weighted by molar-refractivity contribution is -0.222. The number of nitrogens with one attached hydrogen (secondary N) is 1. The van der Waals surface area contributed by atoms with Crippen molar-refractivity contribution < 1.29 is 19.1 Å². The SMILES string of the molecule is Cc1cc(Cl)cc(Cl)c1NC=C1C(=O)OC(C)(C)OC1=O. The molecule has 2 rings (SSSR count). The van der Waals surface area contributed by atoms with Crippen LogP contribution in [-0.2, 0) is 19.1 Å². The highest BCUT2D eigenvalue weighted by atomic mass is 35.5. The van der Waals surface area contributed by atoms with Gasteiger partial charge in [0.1, 0.15) is 0 Å². The first-order chi connectivity index (χ1) is 9.69. The summed E-state index contributed by atoms with van der Waals surface area (Å²) in [6.07, 6.45) is 1.21. The largest absolute Gasteiger partial charge is 0.419 e.